The SMILES string of the molecule is CC(C)Cc1nc(-c2ccc3c(c2)CCO3)nc(Cl)c1I. The number of nitrogens with zero attached hydrogens (tertiary/aromatic N) is 2. The maximum absolute atomic E-state index is 6.29. The van der Waals surface area contributed by atoms with Gasteiger partial charge in [0.05, 0.1) is 15.9 Å². The number of halogens is 2. The third-order valence-electron chi connectivity index (χ3n) is 3.43. The number of rotatable bonds is 3. The summed E-state index contributed by atoms with van der Waals surface area (Å²) >= 11 is 8.51. The molecule has 0 atom stereocenters. The number of hydrogen-bond donors (Lipinski definition) is 0. The summed E-state index contributed by atoms with van der Waals surface area (Å²) in [4.78, 5) is 9.17. The Morgan fingerprint density at radius 1 is 1.33 bits per heavy atom. The quantitative estimate of drug-likeness (QED) is 0.546. The Morgan fingerprint density at radius 3 is 2.90 bits per heavy atom. The maximum Gasteiger partial charge on any atom is 0.161 e. The Balaban J connectivity index is 2.04. The average Bonchev–Trinajstić information content (AvgIpc) is 2.90. The van der Waals surface area contributed by atoms with Gasteiger partial charge in [-0.15, -0.1) is 0 Å². The van der Waals surface area contributed by atoms with E-state index in [2.05, 4.69) is 47.5 Å². The minimum Gasteiger partial charge on any atom is -0.493 e. The predicted molar refractivity (Wildman–Crippen MR) is 92.9 cm³/mol. The molecule has 1 aliphatic heterocycles. The molecule has 21 heavy (non-hydrogen) atoms. The molecule has 0 spiro atoms. The van der Waals surface area contributed by atoms with Crippen LogP contribution < -0.4 is 4.74 Å². The molecule has 0 bridgehead atoms. The molecule has 2 aromatic rings. The standard InChI is InChI=1S/C16H16ClIN2O/c1-9(2)7-12-14(18)15(17)20-16(19-12)11-3-4-13-10(8-11)5-6-21-13/h3-4,8-9H,5-7H2,1-2H3. The van der Waals surface area contributed by atoms with Crippen LogP contribution in [0.1, 0.15) is 25.1 Å². The van der Waals surface area contributed by atoms with Crippen molar-refractivity contribution in [2.75, 3.05) is 6.61 Å². The van der Waals surface area contributed by atoms with Crippen LogP contribution in [0.15, 0.2) is 18.2 Å². The molecule has 1 aliphatic rings. The second kappa shape index (κ2) is 6.08. The maximum atomic E-state index is 6.29. The van der Waals surface area contributed by atoms with E-state index in [1.807, 2.05) is 12.1 Å². The lowest BCUT2D eigenvalue weighted by Gasteiger charge is -2.11. The van der Waals surface area contributed by atoms with Crippen molar-refractivity contribution >= 4 is 34.2 Å². The first-order valence-corrected chi connectivity index (χ1v) is 8.48. The average molecular weight is 415 g/mol. The van der Waals surface area contributed by atoms with Gasteiger partial charge in [0.15, 0.2) is 5.82 Å². The molecule has 1 aromatic heterocycles. The molecular formula is C16H16ClIN2O. The topological polar surface area (TPSA) is 35.0 Å². The third-order valence-corrected chi connectivity index (χ3v) is 5.15. The molecule has 0 radical (unpaired) electrons. The van der Waals surface area contributed by atoms with E-state index in [1.165, 1.54) is 5.56 Å². The Morgan fingerprint density at radius 2 is 2.14 bits per heavy atom. The van der Waals surface area contributed by atoms with Crippen LogP contribution in [0.25, 0.3) is 11.4 Å². The lowest BCUT2D eigenvalue weighted by atomic mass is 10.1. The summed E-state index contributed by atoms with van der Waals surface area (Å²) in [7, 11) is 0. The molecule has 0 amide bonds. The number of benzene rings is 1. The van der Waals surface area contributed by atoms with Crippen molar-refractivity contribution in [2.24, 2.45) is 5.92 Å². The molecule has 0 saturated heterocycles. The summed E-state index contributed by atoms with van der Waals surface area (Å²) < 4.78 is 6.50. The molecule has 1 aromatic carbocycles. The zero-order valence-electron chi connectivity index (χ0n) is 12.0. The number of hydrogen-bond acceptors (Lipinski definition) is 3. The van der Waals surface area contributed by atoms with Gasteiger partial charge in [-0.1, -0.05) is 25.4 Å². The normalized spacial score (nSPS) is 13.4. The van der Waals surface area contributed by atoms with Gasteiger partial charge in [-0.05, 0) is 58.7 Å². The van der Waals surface area contributed by atoms with Crippen LogP contribution >= 0.6 is 34.2 Å². The first-order chi connectivity index (χ1) is 10.0. The van der Waals surface area contributed by atoms with E-state index < -0.39 is 0 Å². The Kier molecular flexibility index (Phi) is 4.36. The number of fused-ring (bicyclic) bond motifs is 1. The van der Waals surface area contributed by atoms with Crippen molar-refractivity contribution in [2.45, 2.75) is 26.7 Å². The molecule has 0 unspecified atom stereocenters. The van der Waals surface area contributed by atoms with E-state index in [0.717, 1.165) is 40.0 Å². The second-order valence-electron chi connectivity index (χ2n) is 5.62. The minimum absolute atomic E-state index is 0.533. The van der Waals surface area contributed by atoms with Crippen molar-refractivity contribution in [1.29, 1.82) is 0 Å². The molecule has 0 N–H and O–H groups in total. The van der Waals surface area contributed by atoms with Crippen LogP contribution in [0.5, 0.6) is 5.75 Å². The highest BCUT2D eigenvalue weighted by atomic mass is 127. The van der Waals surface area contributed by atoms with E-state index in [-0.39, 0.29) is 0 Å². The van der Waals surface area contributed by atoms with Crippen molar-refractivity contribution in [3.8, 4) is 17.1 Å². The van der Waals surface area contributed by atoms with E-state index in [4.69, 9.17) is 21.3 Å². The summed E-state index contributed by atoms with van der Waals surface area (Å²) in [6.45, 7) is 5.11. The molecule has 0 fully saturated rings. The largest absolute Gasteiger partial charge is 0.493 e. The van der Waals surface area contributed by atoms with Crippen molar-refractivity contribution in [3.63, 3.8) is 0 Å². The number of aromatic nitrogens is 2. The van der Waals surface area contributed by atoms with Crippen molar-refractivity contribution in [3.05, 3.63) is 38.2 Å². The first kappa shape index (κ1) is 15.0. The monoisotopic (exact) mass is 414 g/mol. The lowest BCUT2D eigenvalue weighted by Crippen LogP contribution is -2.04. The van der Waals surface area contributed by atoms with Gasteiger partial charge in [0.2, 0.25) is 0 Å². The molecule has 0 saturated carbocycles. The predicted octanol–water partition coefficient (Wildman–Crippen LogP) is 4.54. The van der Waals surface area contributed by atoms with Gasteiger partial charge in [0.25, 0.3) is 0 Å². The minimum atomic E-state index is 0.533. The van der Waals surface area contributed by atoms with Crippen LogP contribution in [-0.2, 0) is 12.8 Å². The summed E-state index contributed by atoms with van der Waals surface area (Å²) in [5.41, 5.74) is 3.25. The molecule has 3 nitrogen and oxygen atoms in total. The van der Waals surface area contributed by atoms with Crippen LogP contribution in [0.2, 0.25) is 5.15 Å². The van der Waals surface area contributed by atoms with Crippen molar-refractivity contribution in [1.82, 2.24) is 9.97 Å². The lowest BCUT2D eigenvalue weighted by molar-refractivity contribution is 0.357. The van der Waals surface area contributed by atoms with E-state index in [1.54, 1.807) is 0 Å². The second-order valence-corrected chi connectivity index (χ2v) is 7.05. The molecule has 3 rings (SSSR count). The fourth-order valence-electron chi connectivity index (χ4n) is 2.44. The zero-order chi connectivity index (χ0) is 15.0. The first-order valence-electron chi connectivity index (χ1n) is 7.02. The zero-order valence-corrected chi connectivity index (χ0v) is 14.9. The van der Waals surface area contributed by atoms with Gasteiger partial charge in [0.1, 0.15) is 10.9 Å². The summed E-state index contributed by atoms with van der Waals surface area (Å²) in [6, 6.07) is 6.11. The number of ether oxygens (including phenoxy) is 1. The van der Waals surface area contributed by atoms with Crippen LogP contribution in [0.4, 0.5) is 0 Å². The van der Waals surface area contributed by atoms with Crippen LogP contribution in [0.3, 0.4) is 0 Å². The molecular weight excluding hydrogens is 399 g/mol. The fourth-order valence-corrected chi connectivity index (χ4v) is 3.09. The highest BCUT2D eigenvalue weighted by Crippen LogP contribution is 2.31. The highest BCUT2D eigenvalue weighted by molar-refractivity contribution is 14.1. The molecule has 5 heteroatoms. The van der Waals surface area contributed by atoms with Gasteiger partial charge in [0, 0.05) is 12.0 Å². The fraction of sp³-hybridized carbons (Fsp3) is 0.375. The Hall–Kier alpha value is -0.880. The Labute approximate surface area is 143 Å². The van der Waals surface area contributed by atoms with Gasteiger partial charge < -0.3 is 4.74 Å². The van der Waals surface area contributed by atoms with E-state index >= 15 is 0 Å². The summed E-state index contributed by atoms with van der Waals surface area (Å²) in [5, 5.41) is 0.535. The van der Waals surface area contributed by atoms with Gasteiger partial charge in [-0.2, -0.15) is 0 Å². The van der Waals surface area contributed by atoms with Crippen LogP contribution in [-0.4, -0.2) is 16.6 Å². The smallest absolute Gasteiger partial charge is 0.161 e. The van der Waals surface area contributed by atoms with Crippen molar-refractivity contribution < 1.29 is 4.74 Å². The molecule has 110 valence electrons. The summed E-state index contributed by atoms with van der Waals surface area (Å²) in [5.74, 6) is 2.20. The molecule has 0 aliphatic carbocycles. The molecule has 2 heterocycles. The van der Waals surface area contributed by atoms with Gasteiger partial charge >= 0.3 is 0 Å². The van der Waals surface area contributed by atoms with Crippen LogP contribution in [0, 0.1) is 9.49 Å². The van der Waals surface area contributed by atoms with Gasteiger partial charge in [-0.25, -0.2) is 9.97 Å². The van der Waals surface area contributed by atoms with E-state index in [0.29, 0.717) is 16.9 Å². The highest BCUT2D eigenvalue weighted by Gasteiger charge is 2.16. The Bertz CT molecular complexity index is 688. The third kappa shape index (κ3) is 3.16. The summed E-state index contributed by atoms with van der Waals surface area (Å²) in [6.07, 6.45) is 1.85. The van der Waals surface area contributed by atoms with E-state index in [9.17, 15) is 0 Å². The van der Waals surface area contributed by atoms with Gasteiger partial charge in [-0.3, -0.25) is 0 Å².